The first-order valence-electron chi connectivity index (χ1n) is 9.82. The maximum atomic E-state index is 13.0. The molecule has 156 valence electrons. The van der Waals surface area contributed by atoms with Gasteiger partial charge in [-0.3, -0.25) is 19.1 Å². The van der Waals surface area contributed by atoms with E-state index in [9.17, 15) is 19.2 Å². The standard InChI is InChI=1S/C23H20N4O4/c1-3-27-20(9-13(2)26-27)23(31)24-16-6-4-5-14(10-16)21(29)15-7-8-19-17(11-15)18(12-28)22(30)25-19/h4-12,18H,3H2,1-2H3,(H,24,31)(H,25,30). The number of hydrogen-bond acceptors (Lipinski definition) is 5. The van der Waals surface area contributed by atoms with Crippen LogP contribution in [0.15, 0.2) is 48.5 Å². The number of ketones is 1. The van der Waals surface area contributed by atoms with Gasteiger partial charge in [0.1, 0.15) is 17.9 Å². The Hall–Kier alpha value is -4.07. The summed E-state index contributed by atoms with van der Waals surface area (Å²) in [6.07, 6.45) is 0.564. The average molecular weight is 416 g/mol. The molecule has 0 saturated carbocycles. The van der Waals surface area contributed by atoms with Crippen molar-refractivity contribution in [2.24, 2.45) is 0 Å². The highest BCUT2D eigenvalue weighted by Gasteiger charge is 2.30. The summed E-state index contributed by atoms with van der Waals surface area (Å²) in [4.78, 5) is 48.8. The van der Waals surface area contributed by atoms with E-state index in [1.54, 1.807) is 53.2 Å². The molecular weight excluding hydrogens is 396 g/mol. The zero-order valence-electron chi connectivity index (χ0n) is 17.0. The summed E-state index contributed by atoms with van der Waals surface area (Å²) >= 11 is 0. The smallest absolute Gasteiger partial charge is 0.273 e. The van der Waals surface area contributed by atoms with E-state index >= 15 is 0 Å². The van der Waals surface area contributed by atoms with Gasteiger partial charge in [-0.05, 0) is 55.8 Å². The van der Waals surface area contributed by atoms with E-state index in [4.69, 9.17) is 0 Å². The molecule has 3 aromatic rings. The van der Waals surface area contributed by atoms with E-state index in [1.807, 2.05) is 13.8 Å². The molecule has 1 aromatic heterocycles. The van der Waals surface area contributed by atoms with Crippen LogP contribution in [0.2, 0.25) is 0 Å². The van der Waals surface area contributed by atoms with Crippen molar-refractivity contribution in [3.05, 3.63) is 76.6 Å². The van der Waals surface area contributed by atoms with Crippen LogP contribution in [0.25, 0.3) is 0 Å². The van der Waals surface area contributed by atoms with Crippen molar-refractivity contribution in [3.8, 4) is 0 Å². The molecule has 8 nitrogen and oxygen atoms in total. The predicted octanol–water partition coefficient (Wildman–Crippen LogP) is 2.93. The molecule has 4 rings (SSSR count). The number of aldehydes is 1. The fourth-order valence-corrected chi connectivity index (χ4v) is 3.63. The first-order chi connectivity index (χ1) is 14.9. The van der Waals surface area contributed by atoms with E-state index in [1.165, 1.54) is 0 Å². The van der Waals surface area contributed by atoms with Crippen molar-refractivity contribution in [1.29, 1.82) is 0 Å². The van der Waals surface area contributed by atoms with Crippen LogP contribution in [0.3, 0.4) is 0 Å². The summed E-state index contributed by atoms with van der Waals surface area (Å²) in [6.45, 7) is 4.28. The zero-order chi connectivity index (χ0) is 22.1. The molecule has 0 aliphatic carbocycles. The molecular formula is C23H20N4O4. The second-order valence-corrected chi connectivity index (χ2v) is 7.26. The molecule has 0 bridgehead atoms. The highest BCUT2D eigenvalue weighted by molar-refractivity contribution is 6.14. The van der Waals surface area contributed by atoms with Gasteiger partial charge in [0, 0.05) is 29.0 Å². The summed E-state index contributed by atoms with van der Waals surface area (Å²) in [5.74, 6) is -1.92. The first-order valence-corrected chi connectivity index (χ1v) is 9.82. The summed E-state index contributed by atoms with van der Waals surface area (Å²) in [5, 5.41) is 9.70. The minimum atomic E-state index is -0.916. The molecule has 1 unspecified atom stereocenters. The fraction of sp³-hybridized carbons (Fsp3) is 0.174. The largest absolute Gasteiger partial charge is 0.325 e. The van der Waals surface area contributed by atoms with E-state index in [-0.39, 0.29) is 11.7 Å². The lowest BCUT2D eigenvalue weighted by atomic mass is 9.96. The van der Waals surface area contributed by atoms with Crippen LogP contribution in [0, 0.1) is 6.92 Å². The molecule has 2 amide bonds. The van der Waals surface area contributed by atoms with E-state index in [0.717, 1.165) is 5.69 Å². The van der Waals surface area contributed by atoms with Crippen molar-refractivity contribution in [2.75, 3.05) is 10.6 Å². The Balaban J connectivity index is 1.58. The Morgan fingerprint density at radius 3 is 2.68 bits per heavy atom. The van der Waals surface area contributed by atoms with Gasteiger partial charge >= 0.3 is 0 Å². The number of hydrogen-bond donors (Lipinski definition) is 2. The normalized spacial score (nSPS) is 14.6. The molecule has 1 aliphatic heterocycles. The SMILES string of the molecule is CCn1nc(C)cc1C(=O)Nc1cccc(C(=O)c2ccc3c(c2)C(C=O)C(=O)N3)c1. The Bertz CT molecular complexity index is 1230. The second kappa shape index (κ2) is 7.98. The maximum Gasteiger partial charge on any atom is 0.273 e. The highest BCUT2D eigenvalue weighted by atomic mass is 16.2. The molecule has 31 heavy (non-hydrogen) atoms. The van der Waals surface area contributed by atoms with E-state index in [0.29, 0.717) is 46.6 Å². The minimum absolute atomic E-state index is 0.280. The molecule has 1 aliphatic rings. The minimum Gasteiger partial charge on any atom is -0.325 e. The monoisotopic (exact) mass is 416 g/mol. The number of benzene rings is 2. The van der Waals surface area contributed by atoms with Crippen LogP contribution in [-0.2, 0) is 16.1 Å². The van der Waals surface area contributed by atoms with Crippen LogP contribution >= 0.6 is 0 Å². The lowest BCUT2D eigenvalue weighted by Gasteiger charge is -2.09. The maximum absolute atomic E-state index is 13.0. The van der Waals surface area contributed by atoms with E-state index < -0.39 is 11.8 Å². The summed E-state index contributed by atoms with van der Waals surface area (Å²) in [7, 11) is 0. The third kappa shape index (κ3) is 3.75. The number of carbonyl (C=O) groups excluding carboxylic acids is 4. The topological polar surface area (TPSA) is 110 Å². The Morgan fingerprint density at radius 2 is 1.94 bits per heavy atom. The van der Waals surface area contributed by atoms with Crippen molar-refractivity contribution in [3.63, 3.8) is 0 Å². The quantitative estimate of drug-likeness (QED) is 0.365. The molecule has 0 saturated heterocycles. The average Bonchev–Trinajstić information content (AvgIpc) is 3.31. The lowest BCUT2D eigenvalue weighted by Crippen LogP contribution is -2.17. The van der Waals surface area contributed by atoms with Gasteiger partial charge in [-0.25, -0.2) is 0 Å². The summed E-state index contributed by atoms with van der Waals surface area (Å²) in [6, 6.07) is 13.1. The van der Waals surface area contributed by atoms with Gasteiger partial charge < -0.3 is 15.4 Å². The van der Waals surface area contributed by atoms with Crippen molar-refractivity contribution >= 4 is 35.3 Å². The third-order valence-electron chi connectivity index (χ3n) is 5.14. The first kappa shape index (κ1) is 20.2. The number of aromatic nitrogens is 2. The molecule has 1 atom stereocenters. The van der Waals surface area contributed by atoms with Gasteiger partial charge in [-0.2, -0.15) is 5.10 Å². The highest BCUT2D eigenvalue weighted by Crippen LogP contribution is 2.32. The van der Waals surface area contributed by atoms with Crippen molar-refractivity contribution in [2.45, 2.75) is 26.3 Å². The van der Waals surface area contributed by atoms with Gasteiger partial charge in [0.2, 0.25) is 5.91 Å². The molecule has 2 heterocycles. The van der Waals surface area contributed by atoms with Crippen LogP contribution in [0.5, 0.6) is 0 Å². The van der Waals surface area contributed by atoms with Crippen LogP contribution in [-0.4, -0.2) is 33.7 Å². The van der Waals surface area contributed by atoms with E-state index in [2.05, 4.69) is 15.7 Å². The molecule has 0 fully saturated rings. The van der Waals surface area contributed by atoms with Crippen LogP contribution < -0.4 is 10.6 Å². The lowest BCUT2D eigenvalue weighted by molar-refractivity contribution is -0.121. The molecule has 2 aromatic carbocycles. The fourth-order valence-electron chi connectivity index (χ4n) is 3.63. The third-order valence-corrected chi connectivity index (χ3v) is 5.14. The number of rotatable bonds is 6. The number of carbonyl (C=O) groups is 4. The molecule has 0 radical (unpaired) electrons. The molecule has 2 N–H and O–H groups in total. The number of aryl methyl sites for hydroxylation is 2. The Labute approximate surface area is 178 Å². The van der Waals surface area contributed by atoms with Gasteiger partial charge in [0.05, 0.1) is 5.69 Å². The van der Waals surface area contributed by atoms with Gasteiger partial charge in [-0.1, -0.05) is 12.1 Å². The second-order valence-electron chi connectivity index (χ2n) is 7.26. The number of nitrogens with zero attached hydrogens (tertiary/aromatic N) is 2. The number of fused-ring (bicyclic) bond motifs is 1. The Kier molecular flexibility index (Phi) is 5.21. The number of amides is 2. The molecule has 8 heteroatoms. The van der Waals surface area contributed by atoms with Crippen LogP contribution in [0.1, 0.15) is 50.5 Å². The molecule has 0 spiro atoms. The summed E-state index contributed by atoms with van der Waals surface area (Å²) < 4.78 is 1.61. The van der Waals surface area contributed by atoms with Gasteiger partial charge in [-0.15, -0.1) is 0 Å². The van der Waals surface area contributed by atoms with Crippen molar-refractivity contribution < 1.29 is 19.2 Å². The zero-order valence-corrected chi connectivity index (χ0v) is 17.0. The van der Waals surface area contributed by atoms with Gasteiger partial charge in [0.15, 0.2) is 5.78 Å². The van der Waals surface area contributed by atoms with Gasteiger partial charge in [0.25, 0.3) is 5.91 Å². The predicted molar refractivity (Wildman–Crippen MR) is 114 cm³/mol. The number of anilines is 2. The summed E-state index contributed by atoms with van der Waals surface area (Å²) in [5.41, 5.74) is 3.40. The number of nitrogens with one attached hydrogen (secondary N) is 2. The van der Waals surface area contributed by atoms with Crippen molar-refractivity contribution in [1.82, 2.24) is 9.78 Å². The Morgan fingerprint density at radius 1 is 1.16 bits per heavy atom. The van der Waals surface area contributed by atoms with Crippen LogP contribution in [0.4, 0.5) is 11.4 Å².